The number of likely N-dealkylation sites (tertiary alicyclic amines) is 1. The second-order valence-electron chi connectivity index (χ2n) is 6.15. The van der Waals surface area contributed by atoms with Crippen molar-refractivity contribution in [3.63, 3.8) is 0 Å². The van der Waals surface area contributed by atoms with Crippen LogP contribution in [0.25, 0.3) is 0 Å². The molecule has 4 rings (SSSR count). The quantitative estimate of drug-likeness (QED) is 0.843. The summed E-state index contributed by atoms with van der Waals surface area (Å²) in [6.45, 7) is 4.32. The van der Waals surface area contributed by atoms with Crippen molar-refractivity contribution in [1.29, 1.82) is 0 Å². The molecule has 2 saturated heterocycles. The minimum atomic E-state index is 0.327. The van der Waals surface area contributed by atoms with Crippen LogP contribution in [-0.4, -0.2) is 49.8 Å². The molecular formula is C15H20N6. The zero-order chi connectivity index (χ0) is 14.3. The molecule has 4 heterocycles. The average molecular weight is 284 g/mol. The van der Waals surface area contributed by atoms with Crippen LogP contribution in [0, 0.1) is 0 Å². The van der Waals surface area contributed by atoms with E-state index in [1.807, 2.05) is 24.1 Å². The fourth-order valence-electron chi connectivity index (χ4n) is 3.58. The van der Waals surface area contributed by atoms with Crippen molar-refractivity contribution in [1.82, 2.24) is 24.6 Å². The molecule has 0 radical (unpaired) electrons. The Kier molecular flexibility index (Phi) is 2.92. The molecule has 0 aliphatic carbocycles. The minimum absolute atomic E-state index is 0.327. The van der Waals surface area contributed by atoms with E-state index >= 15 is 0 Å². The third kappa shape index (κ3) is 2.19. The first kappa shape index (κ1) is 12.8. The van der Waals surface area contributed by atoms with E-state index in [1.165, 1.54) is 24.9 Å². The number of anilines is 1. The Morgan fingerprint density at radius 2 is 2.10 bits per heavy atom. The third-order valence-corrected chi connectivity index (χ3v) is 4.86. The van der Waals surface area contributed by atoms with Crippen LogP contribution in [0.4, 0.5) is 5.82 Å². The van der Waals surface area contributed by atoms with Crippen LogP contribution < -0.4 is 4.90 Å². The van der Waals surface area contributed by atoms with Gasteiger partial charge in [0.2, 0.25) is 0 Å². The van der Waals surface area contributed by atoms with E-state index in [0.29, 0.717) is 5.54 Å². The summed E-state index contributed by atoms with van der Waals surface area (Å²) in [5.41, 5.74) is 1.63. The first-order chi connectivity index (χ1) is 10.3. The van der Waals surface area contributed by atoms with E-state index in [2.05, 4.69) is 31.1 Å². The van der Waals surface area contributed by atoms with Crippen LogP contribution in [0.3, 0.4) is 0 Å². The highest BCUT2D eigenvalue weighted by Crippen LogP contribution is 2.40. The van der Waals surface area contributed by atoms with Crippen LogP contribution in [0.15, 0.2) is 31.0 Å². The molecule has 6 heteroatoms. The summed E-state index contributed by atoms with van der Waals surface area (Å²) in [5, 5.41) is 4.27. The lowest BCUT2D eigenvalue weighted by Crippen LogP contribution is -2.60. The normalized spacial score (nSPS) is 25.5. The Hall–Kier alpha value is -1.95. The van der Waals surface area contributed by atoms with Gasteiger partial charge in [0.05, 0.1) is 12.4 Å². The summed E-state index contributed by atoms with van der Waals surface area (Å²) in [4.78, 5) is 13.6. The molecule has 2 fully saturated rings. The summed E-state index contributed by atoms with van der Waals surface area (Å²) in [5.74, 6) is 1.00. The molecule has 6 nitrogen and oxygen atoms in total. The van der Waals surface area contributed by atoms with Gasteiger partial charge < -0.3 is 4.90 Å². The Labute approximate surface area is 124 Å². The van der Waals surface area contributed by atoms with Crippen LogP contribution in [0.5, 0.6) is 0 Å². The number of hydrogen-bond acceptors (Lipinski definition) is 5. The van der Waals surface area contributed by atoms with Gasteiger partial charge in [-0.2, -0.15) is 5.10 Å². The fourth-order valence-corrected chi connectivity index (χ4v) is 3.58. The molecule has 0 N–H and O–H groups in total. The smallest absolute Gasteiger partial charge is 0.147 e. The van der Waals surface area contributed by atoms with Gasteiger partial charge >= 0.3 is 0 Å². The minimum Gasteiger partial charge on any atom is -0.353 e. The van der Waals surface area contributed by atoms with Crippen LogP contribution in [-0.2, 0) is 13.6 Å². The third-order valence-electron chi connectivity index (χ3n) is 4.86. The Bertz CT molecular complexity index is 624. The van der Waals surface area contributed by atoms with Crippen molar-refractivity contribution in [2.75, 3.05) is 24.5 Å². The summed E-state index contributed by atoms with van der Waals surface area (Å²) in [6, 6.07) is 0. The lowest BCUT2D eigenvalue weighted by atomic mass is 9.83. The molecule has 1 spiro atoms. The fraction of sp³-hybridized carbons (Fsp3) is 0.533. The molecule has 2 aliphatic heterocycles. The molecule has 0 saturated carbocycles. The van der Waals surface area contributed by atoms with Crippen molar-refractivity contribution in [3.05, 3.63) is 36.5 Å². The molecule has 1 unspecified atom stereocenters. The second kappa shape index (κ2) is 4.80. The standard InChI is InChI=1S/C15H20N6/c1-19-10-13(8-18-19)11-21-7-3-15(21)2-6-20(12-15)14-9-16-4-5-17-14/h4-5,8-10H,2-3,6-7,11-12H2,1H3. The second-order valence-corrected chi connectivity index (χ2v) is 6.15. The van der Waals surface area contributed by atoms with E-state index < -0.39 is 0 Å². The molecule has 1 atom stereocenters. The Balaban J connectivity index is 1.46. The summed E-state index contributed by atoms with van der Waals surface area (Å²) in [7, 11) is 1.97. The van der Waals surface area contributed by atoms with Gasteiger partial charge in [-0.3, -0.25) is 14.6 Å². The van der Waals surface area contributed by atoms with Gasteiger partial charge in [-0.25, -0.2) is 4.98 Å². The maximum absolute atomic E-state index is 4.43. The number of aryl methyl sites for hydroxylation is 1. The van der Waals surface area contributed by atoms with Gasteiger partial charge in [0, 0.05) is 62.9 Å². The predicted octanol–water partition coefficient (Wildman–Crippen LogP) is 1.06. The van der Waals surface area contributed by atoms with Gasteiger partial charge in [-0.15, -0.1) is 0 Å². The molecule has 2 aliphatic rings. The number of nitrogens with zero attached hydrogens (tertiary/aromatic N) is 6. The van der Waals surface area contributed by atoms with Crippen LogP contribution >= 0.6 is 0 Å². The van der Waals surface area contributed by atoms with Gasteiger partial charge in [-0.05, 0) is 12.8 Å². The van der Waals surface area contributed by atoms with Gasteiger partial charge in [0.15, 0.2) is 0 Å². The lowest BCUT2D eigenvalue weighted by Gasteiger charge is -2.50. The molecule has 0 aromatic carbocycles. The summed E-state index contributed by atoms with van der Waals surface area (Å²) in [6.07, 6.45) is 11.9. The molecule has 2 aromatic rings. The van der Waals surface area contributed by atoms with E-state index in [0.717, 1.165) is 25.5 Å². The van der Waals surface area contributed by atoms with Crippen LogP contribution in [0.1, 0.15) is 18.4 Å². The van der Waals surface area contributed by atoms with Gasteiger partial charge in [-0.1, -0.05) is 0 Å². The van der Waals surface area contributed by atoms with Gasteiger partial charge in [0.1, 0.15) is 5.82 Å². The molecular weight excluding hydrogens is 264 g/mol. The maximum Gasteiger partial charge on any atom is 0.147 e. The predicted molar refractivity (Wildman–Crippen MR) is 79.8 cm³/mol. The highest BCUT2D eigenvalue weighted by molar-refractivity contribution is 5.39. The zero-order valence-electron chi connectivity index (χ0n) is 12.3. The molecule has 21 heavy (non-hydrogen) atoms. The highest BCUT2D eigenvalue weighted by Gasteiger charge is 2.49. The van der Waals surface area contributed by atoms with E-state index in [1.54, 1.807) is 12.4 Å². The number of hydrogen-bond donors (Lipinski definition) is 0. The average Bonchev–Trinajstić information content (AvgIpc) is 3.13. The van der Waals surface area contributed by atoms with Crippen molar-refractivity contribution < 1.29 is 0 Å². The molecule has 0 bridgehead atoms. The highest BCUT2D eigenvalue weighted by atomic mass is 15.3. The number of rotatable bonds is 3. The zero-order valence-corrected chi connectivity index (χ0v) is 12.3. The summed E-state index contributed by atoms with van der Waals surface area (Å²) >= 11 is 0. The summed E-state index contributed by atoms with van der Waals surface area (Å²) < 4.78 is 1.88. The largest absolute Gasteiger partial charge is 0.353 e. The number of aromatic nitrogens is 4. The molecule has 110 valence electrons. The maximum atomic E-state index is 4.43. The van der Waals surface area contributed by atoms with Crippen molar-refractivity contribution in [3.8, 4) is 0 Å². The first-order valence-corrected chi connectivity index (χ1v) is 7.49. The van der Waals surface area contributed by atoms with Gasteiger partial charge in [0.25, 0.3) is 0 Å². The Morgan fingerprint density at radius 1 is 1.19 bits per heavy atom. The van der Waals surface area contributed by atoms with Crippen molar-refractivity contribution in [2.45, 2.75) is 24.9 Å². The Morgan fingerprint density at radius 3 is 2.76 bits per heavy atom. The van der Waals surface area contributed by atoms with Crippen LogP contribution in [0.2, 0.25) is 0 Å². The van der Waals surface area contributed by atoms with E-state index in [4.69, 9.17) is 0 Å². The van der Waals surface area contributed by atoms with Crippen molar-refractivity contribution in [2.24, 2.45) is 7.05 Å². The lowest BCUT2D eigenvalue weighted by molar-refractivity contribution is -0.00480. The van der Waals surface area contributed by atoms with E-state index in [-0.39, 0.29) is 0 Å². The van der Waals surface area contributed by atoms with E-state index in [9.17, 15) is 0 Å². The monoisotopic (exact) mass is 284 g/mol. The SMILES string of the molecule is Cn1cc(CN2CCC23CCN(c2cnccn2)C3)cn1. The first-order valence-electron chi connectivity index (χ1n) is 7.49. The van der Waals surface area contributed by atoms with Crippen molar-refractivity contribution >= 4 is 5.82 Å². The molecule has 0 amide bonds. The molecule has 2 aromatic heterocycles. The topological polar surface area (TPSA) is 50.1 Å².